The molecule has 1 aliphatic rings. The molecular formula is C65H86N3O4+. The van der Waals surface area contributed by atoms with Crippen LogP contribution in [0.25, 0.3) is 22.3 Å². The molecule has 0 unspecified atom stereocenters. The zero-order valence-corrected chi connectivity index (χ0v) is 44.5. The number of fused-ring (bicyclic) bond motifs is 1. The summed E-state index contributed by atoms with van der Waals surface area (Å²) in [6.07, 6.45) is 31.8. The second-order valence-corrected chi connectivity index (χ2v) is 20.0. The Morgan fingerprint density at radius 1 is 0.597 bits per heavy atom. The highest BCUT2D eigenvalue weighted by molar-refractivity contribution is 6.04. The zero-order valence-electron chi connectivity index (χ0n) is 44.5. The molecule has 4 aromatic rings. The summed E-state index contributed by atoms with van der Waals surface area (Å²) < 4.78 is 2.25. The van der Waals surface area contributed by atoms with Gasteiger partial charge in [0, 0.05) is 35.6 Å². The molecule has 0 fully saturated rings. The average Bonchev–Trinajstić information content (AvgIpc) is 3.65. The van der Waals surface area contributed by atoms with E-state index >= 15 is 0 Å². The number of carbonyl (C=O) groups is 2. The van der Waals surface area contributed by atoms with Crippen LogP contribution >= 0.6 is 0 Å². The number of carboxylic acid groups (broad SMARTS) is 2. The number of rotatable bonds is 35. The number of anilines is 1. The van der Waals surface area contributed by atoms with E-state index in [1.54, 1.807) is 0 Å². The fourth-order valence-electron chi connectivity index (χ4n) is 10.7. The molecule has 0 amide bonds. The average molecular weight is 973 g/mol. The molecule has 4 aromatic carbocycles. The van der Waals surface area contributed by atoms with Crippen molar-refractivity contribution in [2.24, 2.45) is 0 Å². The summed E-state index contributed by atoms with van der Waals surface area (Å²) in [5, 5.41) is 31.3. The number of unbranched alkanes of at least 4 members (excludes halogenated alkanes) is 14. The Morgan fingerprint density at radius 2 is 1.14 bits per heavy atom. The monoisotopic (exact) mass is 973 g/mol. The second kappa shape index (κ2) is 31.5. The molecule has 0 radical (unpaired) electrons. The highest BCUT2D eigenvalue weighted by Gasteiger charge is 2.50. The van der Waals surface area contributed by atoms with Gasteiger partial charge in [-0.05, 0) is 109 Å². The first-order valence-electron chi connectivity index (χ1n) is 27.9. The minimum atomic E-state index is -0.841. The van der Waals surface area contributed by atoms with E-state index in [0.29, 0.717) is 18.7 Å². The third-order valence-corrected chi connectivity index (χ3v) is 14.6. The summed E-state index contributed by atoms with van der Waals surface area (Å²) >= 11 is 0. The maximum Gasteiger partial charge on any atom is 0.309 e. The lowest BCUT2D eigenvalue weighted by Crippen LogP contribution is -2.35. The van der Waals surface area contributed by atoms with Crippen LogP contribution in [0.15, 0.2) is 133 Å². The molecule has 0 atom stereocenters. The molecule has 1 aliphatic heterocycles. The van der Waals surface area contributed by atoms with Crippen LogP contribution in [0.3, 0.4) is 0 Å². The SMILES string of the molecule is CCCCCCC\C(=C/C=C(C#N)/C=C/C1=[N+](CCC(=O)O)c2ccc(-c3ccccc3)cc2C1(CCCCCC)CCCCCC)N(CCC(=O)O)c1ccc(-c2ccccc2)cc1CCCCCCC. The fourth-order valence-corrected chi connectivity index (χ4v) is 10.7. The van der Waals surface area contributed by atoms with E-state index in [-0.39, 0.29) is 18.3 Å². The summed E-state index contributed by atoms with van der Waals surface area (Å²) in [5.74, 6) is -1.68. The van der Waals surface area contributed by atoms with Gasteiger partial charge in [-0.1, -0.05) is 197 Å². The first-order valence-corrected chi connectivity index (χ1v) is 27.9. The Hall–Kier alpha value is -6.00. The van der Waals surface area contributed by atoms with Gasteiger partial charge in [-0.3, -0.25) is 9.59 Å². The molecule has 72 heavy (non-hydrogen) atoms. The van der Waals surface area contributed by atoms with E-state index in [1.165, 1.54) is 36.8 Å². The van der Waals surface area contributed by atoms with Gasteiger partial charge in [-0.15, -0.1) is 0 Å². The summed E-state index contributed by atoms with van der Waals surface area (Å²) in [7, 11) is 0. The molecule has 0 spiro atoms. The molecule has 2 N–H and O–H groups in total. The van der Waals surface area contributed by atoms with Crippen molar-refractivity contribution in [2.45, 2.75) is 187 Å². The quantitative estimate of drug-likeness (QED) is 0.0206. The van der Waals surface area contributed by atoms with Gasteiger partial charge in [-0.25, -0.2) is 0 Å². The van der Waals surface area contributed by atoms with Gasteiger partial charge in [0.2, 0.25) is 5.69 Å². The second-order valence-electron chi connectivity index (χ2n) is 20.0. The lowest BCUT2D eigenvalue weighted by molar-refractivity contribution is -0.436. The van der Waals surface area contributed by atoms with Gasteiger partial charge in [0.25, 0.3) is 0 Å². The van der Waals surface area contributed by atoms with Crippen LogP contribution in [0.5, 0.6) is 0 Å². The lowest BCUT2D eigenvalue weighted by Gasteiger charge is -2.30. The van der Waals surface area contributed by atoms with Crippen LogP contribution in [0.2, 0.25) is 0 Å². The smallest absolute Gasteiger partial charge is 0.309 e. The third-order valence-electron chi connectivity index (χ3n) is 14.6. The molecule has 0 saturated heterocycles. The van der Waals surface area contributed by atoms with Crippen molar-refractivity contribution in [3.63, 3.8) is 0 Å². The van der Waals surface area contributed by atoms with E-state index in [0.717, 1.165) is 161 Å². The maximum atomic E-state index is 12.4. The van der Waals surface area contributed by atoms with Crippen molar-refractivity contribution >= 4 is 29.0 Å². The van der Waals surface area contributed by atoms with Crippen LogP contribution in [0.4, 0.5) is 11.4 Å². The molecule has 0 aromatic heterocycles. The van der Waals surface area contributed by atoms with Gasteiger partial charge in [0.05, 0.1) is 23.5 Å². The van der Waals surface area contributed by atoms with Gasteiger partial charge in [0.1, 0.15) is 6.42 Å². The number of nitrogens with zero attached hydrogens (tertiary/aromatic N) is 3. The number of benzene rings is 4. The summed E-state index contributed by atoms with van der Waals surface area (Å²) in [6, 6.07) is 36.9. The predicted molar refractivity (Wildman–Crippen MR) is 301 cm³/mol. The van der Waals surface area contributed by atoms with Crippen LogP contribution in [-0.2, 0) is 21.4 Å². The normalized spacial score (nSPS) is 13.4. The molecule has 1 heterocycles. The van der Waals surface area contributed by atoms with Crippen molar-refractivity contribution in [1.82, 2.24) is 0 Å². The van der Waals surface area contributed by atoms with Crippen LogP contribution in [0, 0.1) is 11.3 Å². The van der Waals surface area contributed by atoms with E-state index < -0.39 is 11.9 Å². The maximum absolute atomic E-state index is 12.4. The van der Waals surface area contributed by atoms with E-state index in [9.17, 15) is 25.1 Å². The Balaban J connectivity index is 1.67. The highest BCUT2D eigenvalue weighted by Crippen LogP contribution is 2.49. The molecular weight excluding hydrogens is 887 g/mol. The molecule has 0 aliphatic carbocycles. The molecule has 5 rings (SSSR count). The van der Waals surface area contributed by atoms with Gasteiger partial charge in [-0.2, -0.15) is 9.84 Å². The topological polar surface area (TPSA) is 105 Å². The Kier molecular flexibility index (Phi) is 24.9. The van der Waals surface area contributed by atoms with Crippen molar-refractivity contribution < 1.29 is 24.4 Å². The number of hydrogen-bond donors (Lipinski definition) is 2. The van der Waals surface area contributed by atoms with Gasteiger partial charge >= 0.3 is 11.9 Å². The van der Waals surface area contributed by atoms with Crippen molar-refractivity contribution in [3.05, 3.63) is 144 Å². The van der Waals surface area contributed by atoms with Crippen LogP contribution < -0.4 is 4.90 Å². The van der Waals surface area contributed by atoms with Crippen molar-refractivity contribution in [1.29, 1.82) is 5.26 Å². The minimum absolute atomic E-state index is 0.0104. The lowest BCUT2D eigenvalue weighted by atomic mass is 9.69. The number of aliphatic carboxylic acids is 2. The molecule has 7 nitrogen and oxygen atoms in total. The molecule has 7 heteroatoms. The zero-order chi connectivity index (χ0) is 51.4. The number of hydrogen-bond acceptors (Lipinski definition) is 4. The fraction of sp³-hybridized carbons (Fsp3) is 0.477. The van der Waals surface area contributed by atoms with Crippen molar-refractivity contribution in [3.8, 4) is 28.3 Å². The van der Waals surface area contributed by atoms with Crippen LogP contribution in [0.1, 0.15) is 187 Å². The number of carboxylic acids is 2. The Bertz CT molecular complexity index is 2450. The summed E-state index contributed by atoms with van der Waals surface area (Å²) in [4.78, 5) is 27.0. The predicted octanol–water partition coefficient (Wildman–Crippen LogP) is 17.5. The summed E-state index contributed by atoms with van der Waals surface area (Å²) in [6.45, 7) is 9.60. The minimum Gasteiger partial charge on any atom is -0.481 e. The Labute approximate surface area is 434 Å². The number of nitriles is 1. The van der Waals surface area contributed by atoms with E-state index in [1.807, 2.05) is 24.3 Å². The molecule has 384 valence electrons. The molecule has 0 saturated carbocycles. The van der Waals surface area contributed by atoms with Gasteiger partial charge < -0.3 is 15.1 Å². The number of allylic oxidation sites excluding steroid dienone is 6. The third kappa shape index (κ3) is 17.1. The largest absolute Gasteiger partial charge is 0.481 e. The Morgan fingerprint density at radius 3 is 1.71 bits per heavy atom. The van der Waals surface area contributed by atoms with Gasteiger partial charge in [0.15, 0.2) is 12.3 Å². The first-order chi connectivity index (χ1) is 35.2. The highest BCUT2D eigenvalue weighted by atomic mass is 16.4. The van der Waals surface area contributed by atoms with Crippen LogP contribution in [-0.4, -0.2) is 45.5 Å². The van der Waals surface area contributed by atoms with E-state index in [2.05, 4.69) is 140 Å². The summed E-state index contributed by atoms with van der Waals surface area (Å²) in [5.41, 5.74) is 11.4. The van der Waals surface area contributed by atoms with E-state index in [4.69, 9.17) is 0 Å². The molecule has 0 bridgehead atoms. The first kappa shape index (κ1) is 56.9. The van der Waals surface area contributed by atoms with Crippen molar-refractivity contribution in [2.75, 3.05) is 18.0 Å². The standard InChI is InChI=1S/C65H85N3O4/c1-5-9-13-17-21-33-57-49-55(53-29-22-19-23-30-53)37-40-60(57)67(47-43-63(69)70)58(34-26-18-14-10-6-2)39-35-52(51-66)36-42-62-65(45-27-15-11-7-3,46-28-16-12-8-4)59-50-56(54-31-24-20-25-32-54)38-41-61(59)68(62)48-44-64(71)72/h19-20,22-25,29-32,35-42,49-50H,5-18,21,26-28,33-34,43-48H2,1-4H3,(H-,69,70,71,72)/p+1. The number of aryl methyl sites for hydroxylation is 1.